The number of halogens is 1. The number of alkyl carbamates (subject to hydrolysis) is 1. The van der Waals surface area contributed by atoms with E-state index >= 15 is 0 Å². The average molecular weight is 498 g/mol. The van der Waals surface area contributed by atoms with E-state index in [4.69, 9.17) is 15.6 Å². The summed E-state index contributed by atoms with van der Waals surface area (Å²) < 4.78 is 5.02. The van der Waals surface area contributed by atoms with E-state index in [1.165, 1.54) is 0 Å². The number of unbranched alkanes of at least 4 members (excludes halogenated alkanes) is 2. The number of nitrogens with two attached hydrogens (primary N) is 1. The summed E-state index contributed by atoms with van der Waals surface area (Å²) in [5.41, 5.74) is 4.98. The van der Waals surface area contributed by atoms with Crippen molar-refractivity contribution in [1.29, 1.82) is 0 Å². The average Bonchev–Trinajstić information content (AvgIpc) is 2.70. The van der Waals surface area contributed by atoms with Crippen LogP contribution in [0.25, 0.3) is 0 Å². The smallest absolute Gasteiger partial charge is 0.407 e. The van der Waals surface area contributed by atoms with Gasteiger partial charge < -0.3 is 36.4 Å². The molecule has 0 fully saturated rings. The number of carbonyl (C=O) groups is 3. The lowest BCUT2D eigenvalue weighted by molar-refractivity contribution is -0.148. The predicted molar refractivity (Wildman–Crippen MR) is 130 cm³/mol. The summed E-state index contributed by atoms with van der Waals surface area (Å²) >= 11 is 0. The summed E-state index contributed by atoms with van der Waals surface area (Å²) in [5.74, 6) is -1.78. The number of hydrogen-bond donors (Lipinski definition) is 6. The Kier molecular flexibility index (Phi) is 21.2. The summed E-state index contributed by atoms with van der Waals surface area (Å²) in [6, 6.07) is -1.31. The fourth-order valence-corrected chi connectivity index (χ4v) is 2.43. The number of rotatable bonds is 13. The molecule has 0 saturated heterocycles. The topological polar surface area (TPSA) is 171 Å². The summed E-state index contributed by atoms with van der Waals surface area (Å²) in [7, 11) is 0. The van der Waals surface area contributed by atoms with E-state index in [0.717, 1.165) is 19.3 Å². The van der Waals surface area contributed by atoms with Crippen LogP contribution in [0.4, 0.5) is 4.79 Å². The Labute approximate surface area is 203 Å². The van der Waals surface area contributed by atoms with Crippen LogP contribution in [0.3, 0.4) is 0 Å². The molecule has 10 nitrogen and oxygen atoms in total. The summed E-state index contributed by atoms with van der Waals surface area (Å²) in [6.45, 7) is 12.9. The van der Waals surface area contributed by atoms with E-state index in [2.05, 4.69) is 17.2 Å². The molecule has 0 rings (SSSR count). The zero-order valence-corrected chi connectivity index (χ0v) is 21.3. The van der Waals surface area contributed by atoms with Crippen LogP contribution in [-0.2, 0) is 14.3 Å². The van der Waals surface area contributed by atoms with Gasteiger partial charge in [0, 0.05) is 12.6 Å². The maximum Gasteiger partial charge on any atom is 0.407 e. The largest absolute Gasteiger partial charge is 0.479 e. The number of aliphatic hydroxyl groups is 2. The van der Waals surface area contributed by atoms with Crippen LogP contribution < -0.4 is 16.4 Å². The molecule has 0 radical (unpaired) electrons. The van der Waals surface area contributed by atoms with Gasteiger partial charge in [-0.05, 0) is 33.6 Å². The van der Waals surface area contributed by atoms with E-state index in [-0.39, 0.29) is 12.4 Å². The maximum atomic E-state index is 11.5. The number of carboxylic acids is 1. The van der Waals surface area contributed by atoms with E-state index < -0.39 is 47.9 Å². The lowest BCUT2D eigenvalue weighted by atomic mass is 10.0. The highest BCUT2D eigenvalue weighted by molar-refractivity contribution is 5.85. The molecule has 0 spiro atoms. The molecule has 196 valence electrons. The summed E-state index contributed by atoms with van der Waals surface area (Å²) in [6.07, 6.45) is 2.66. The molecule has 7 N–H and O–H groups in total. The predicted octanol–water partition coefficient (Wildman–Crippen LogP) is 2.10. The highest BCUT2D eigenvalue weighted by Crippen LogP contribution is 2.10. The van der Waals surface area contributed by atoms with Gasteiger partial charge in [0.2, 0.25) is 0 Å². The number of ether oxygens (including phenoxy) is 1. The molecule has 33 heavy (non-hydrogen) atoms. The van der Waals surface area contributed by atoms with Gasteiger partial charge in [-0.25, -0.2) is 9.59 Å². The van der Waals surface area contributed by atoms with E-state index in [0.29, 0.717) is 25.8 Å². The van der Waals surface area contributed by atoms with Gasteiger partial charge in [-0.15, -0.1) is 19.0 Å². The quantitative estimate of drug-likeness (QED) is 0.210. The molecule has 11 heteroatoms. The minimum atomic E-state index is -1.62. The lowest BCUT2D eigenvalue weighted by Gasteiger charge is -2.25. The third-order valence-electron chi connectivity index (χ3n) is 4.19. The van der Waals surface area contributed by atoms with Crippen molar-refractivity contribution in [3.63, 3.8) is 0 Å². The minimum Gasteiger partial charge on any atom is -0.479 e. The van der Waals surface area contributed by atoms with Gasteiger partial charge in [0.05, 0.1) is 6.04 Å². The number of aliphatic carboxylic acids is 1. The van der Waals surface area contributed by atoms with Crippen molar-refractivity contribution in [3.8, 4) is 0 Å². The molecule has 2 amide bonds. The zero-order chi connectivity index (χ0) is 25.3. The first-order valence-electron chi connectivity index (χ1n) is 11.0. The van der Waals surface area contributed by atoms with Crippen LogP contribution in [0.2, 0.25) is 0 Å². The highest BCUT2D eigenvalue weighted by atomic mass is 35.5. The second-order valence-corrected chi connectivity index (χ2v) is 8.46. The van der Waals surface area contributed by atoms with Gasteiger partial charge in [0.25, 0.3) is 5.91 Å². The second kappa shape index (κ2) is 19.6. The Morgan fingerprint density at radius 1 is 1.06 bits per heavy atom. The first kappa shape index (κ1) is 35.7. The Balaban J connectivity index is -0.000000545. The molecule has 0 aliphatic carbocycles. The molecule has 0 saturated carbocycles. The first-order valence-corrected chi connectivity index (χ1v) is 11.0. The monoisotopic (exact) mass is 497 g/mol. The van der Waals surface area contributed by atoms with Crippen LogP contribution in [0.15, 0.2) is 12.7 Å². The van der Waals surface area contributed by atoms with Crippen LogP contribution in [-0.4, -0.2) is 69.7 Å². The van der Waals surface area contributed by atoms with Gasteiger partial charge in [0.1, 0.15) is 11.7 Å². The number of carbonyl (C=O) groups excluding carboxylic acids is 2. The Hall–Kier alpha value is -1.88. The second-order valence-electron chi connectivity index (χ2n) is 8.46. The van der Waals surface area contributed by atoms with Crippen LogP contribution >= 0.6 is 12.4 Å². The summed E-state index contributed by atoms with van der Waals surface area (Å²) in [4.78, 5) is 33.5. The maximum absolute atomic E-state index is 11.5. The fraction of sp³-hybridized carbons (Fsp3) is 0.773. The molecule has 0 aromatic carbocycles. The molecule has 0 bridgehead atoms. The third kappa shape index (κ3) is 19.3. The van der Waals surface area contributed by atoms with E-state index in [1.54, 1.807) is 26.8 Å². The number of hydrogen-bond acceptors (Lipinski definition) is 7. The normalized spacial score (nSPS) is 14.2. The highest BCUT2D eigenvalue weighted by Gasteiger charge is 2.28. The van der Waals surface area contributed by atoms with E-state index in [1.807, 2.05) is 13.8 Å². The molecule has 0 aliphatic rings. The van der Waals surface area contributed by atoms with Gasteiger partial charge in [-0.3, -0.25) is 4.79 Å². The molecule has 4 atom stereocenters. The molecule has 0 heterocycles. The van der Waals surface area contributed by atoms with Crippen molar-refractivity contribution in [3.05, 3.63) is 12.7 Å². The van der Waals surface area contributed by atoms with Gasteiger partial charge in [-0.2, -0.15) is 0 Å². The standard InChI is InChI=1S/C12H23NO5.C10H20N2O2.ClH/c1-5-6-7-8(9(14)10(15)16)13-11(17)18-12(2,3)4;1-3-5-6-8(11)9(13)10(14)12-7-4-2;/h8-9,14H,5-7H2,1-4H3,(H,13,17)(H,15,16);4,8-9,13H,2-3,5-7,11H2,1H3,(H,12,14);1H. The van der Waals surface area contributed by atoms with Crippen molar-refractivity contribution in [2.75, 3.05) is 6.54 Å². The molecular weight excluding hydrogens is 454 g/mol. The van der Waals surface area contributed by atoms with Crippen molar-refractivity contribution < 1.29 is 34.4 Å². The Morgan fingerprint density at radius 2 is 1.58 bits per heavy atom. The molecule has 0 aromatic rings. The summed E-state index contributed by atoms with van der Waals surface area (Å²) in [5, 5.41) is 32.6. The number of aliphatic hydroxyl groups excluding tert-OH is 2. The fourth-order valence-electron chi connectivity index (χ4n) is 2.43. The Bertz CT molecular complexity index is 571. The van der Waals surface area contributed by atoms with Gasteiger partial charge in [-0.1, -0.05) is 45.6 Å². The zero-order valence-electron chi connectivity index (χ0n) is 20.5. The number of carboxylic acid groups (broad SMARTS) is 1. The van der Waals surface area contributed by atoms with Crippen molar-refractivity contribution in [2.45, 2.75) is 103 Å². The van der Waals surface area contributed by atoms with Crippen LogP contribution in [0, 0.1) is 0 Å². The molecular formula is C22H44ClN3O7. The van der Waals surface area contributed by atoms with Crippen molar-refractivity contribution in [1.82, 2.24) is 10.6 Å². The van der Waals surface area contributed by atoms with Crippen molar-refractivity contribution in [2.24, 2.45) is 5.73 Å². The molecule has 0 aliphatic heterocycles. The van der Waals surface area contributed by atoms with Crippen LogP contribution in [0.5, 0.6) is 0 Å². The van der Waals surface area contributed by atoms with E-state index in [9.17, 15) is 24.6 Å². The minimum absolute atomic E-state index is 0. The lowest BCUT2D eigenvalue weighted by Crippen LogP contribution is -2.48. The Morgan fingerprint density at radius 3 is 2.00 bits per heavy atom. The van der Waals surface area contributed by atoms with Crippen LogP contribution in [0.1, 0.15) is 73.1 Å². The SMILES string of the molecule is C=CCNC(=O)C(O)C(N)CCCC.CCCCC(NC(=O)OC(C)(C)C)C(O)C(=O)O.Cl. The third-order valence-corrected chi connectivity index (χ3v) is 4.19. The molecule has 4 unspecified atom stereocenters. The number of nitrogens with one attached hydrogen (secondary N) is 2. The molecule has 0 aromatic heterocycles. The van der Waals surface area contributed by atoms with Gasteiger partial charge in [0.15, 0.2) is 6.10 Å². The van der Waals surface area contributed by atoms with Crippen molar-refractivity contribution >= 4 is 30.4 Å². The first-order chi connectivity index (χ1) is 14.8. The number of amides is 2. The van der Waals surface area contributed by atoms with Gasteiger partial charge >= 0.3 is 12.1 Å².